The number of hydrogen-bond acceptors (Lipinski definition) is 4. The number of nitrogens with zero attached hydrogens (tertiary/aromatic N) is 1. The minimum absolute atomic E-state index is 0.189. The zero-order chi connectivity index (χ0) is 14.7. The first-order chi connectivity index (χ1) is 9.54. The molecule has 1 aliphatic heterocycles. The van der Waals surface area contributed by atoms with Crippen molar-refractivity contribution >= 4 is 29.1 Å². The molecule has 6 nitrogen and oxygen atoms in total. The van der Waals surface area contributed by atoms with E-state index in [2.05, 4.69) is 5.32 Å². The Bertz CT molecular complexity index is 536. The van der Waals surface area contributed by atoms with Crippen molar-refractivity contribution in [1.29, 1.82) is 0 Å². The molecule has 1 heterocycles. The molecule has 108 valence electrons. The van der Waals surface area contributed by atoms with Crippen molar-refractivity contribution in [3.8, 4) is 0 Å². The van der Waals surface area contributed by atoms with Crippen LogP contribution in [0.3, 0.4) is 0 Å². The predicted octanol–water partition coefficient (Wildman–Crippen LogP) is 0.509. The lowest BCUT2D eigenvalue weighted by Crippen LogP contribution is -2.55. The van der Waals surface area contributed by atoms with Crippen LogP contribution in [0.2, 0.25) is 5.02 Å². The zero-order valence-corrected chi connectivity index (χ0v) is 11.8. The van der Waals surface area contributed by atoms with Gasteiger partial charge in [0, 0.05) is 19.2 Å². The fourth-order valence-electron chi connectivity index (χ4n) is 2.07. The van der Waals surface area contributed by atoms with E-state index in [1.165, 1.54) is 18.0 Å². The number of rotatable bonds is 2. The third-order valence-electron chi connectivity index (χ3n) is 3.18. The van der Waals surface area contributed by atoms with E-state index in [-0.39, 0.29) is 18.4 Å². The maximum Gasteiger partial charge on any atom is 0.254 e. The molecule has 1 aromatic carbocycles. The quantitative estimate of drug-likeness (QED) is 0.779. The number of nitrogens with one attached hydrogen (secondary N) is 1. The molecular formula is C13H16ClN3O3. The maximum atomic E-state index is 12.5. The van der Waals surface area contributed by atoms with Crippen molar-refractivity contribution in [3.63, 3.8) is 0 Å². The van der Waals surface area contributed by atoms with Gasteiger partial charge < -0.3 is 20.7 Å². The highest BCUT2D eigenvalue weighted by Crippen LogP contribution is 2.21. The van der Waals surface area contributed by atoms with E-state index in [4.69, 9.17) is 22.1 Å². The molecule has 1 unspecified atom stereocenters. The Morgan fingerprint density at radius 3 is 2.90 bits per heavy atom. The molecule has 7 heteroatoms. The Morgan fingerprint density at radius 2 is 2.25 bits per heavy atom. The monoisotopic (exact) mass is 297 g/mol. The van der Waals surface area contributed by atoms with Gasteiger partial charge in [-0.1, -0.05) is 11.6 Å². The fourth-order valence-corrected chi connectivity index (χ4v) is 2.19. The van der Waals surface area contributed by atoms with E-state index in [1.54, 1.807) is 12.1 Å². The Balaban J connectivity index is 2.25. The van der Waals surface area contributed by atoms with Crippen molar-refractivity contribution < 1.29 is 14.3 Å². The van der Waals surface area contributed by atoms with Gasteiger partial charge in [-0.2, -0.15) is 0 Å². The Hall–Kier alpha value is -1.79. The second-order valence-electron chi connectivity index (χ2n) is 4.44. The van der Waals surface area contributed by atoms with Gasteiger partial charge in [-0.25, -0.2) is 0 Å². The first-order valence-corrected chi connectivity index (χ1v) is 6.57. The van der Waals surface area contributed by atoms with Gasteiger partial charge >= 0.3 is 0 Å². The molecule has 0 radical (unpaired) electrons. The average Bonchev–Trinajstić information content (AvgIpc) is 2.48. The molecule has 0 saturated carbocycles. The number of nitrogen functional groups attached to an aromatic ring is 1. The molecule has 1 fully saturated rings. The van der Waals surface area contributed by atoms with Gasteiger partial charge in [-0.15, -0.1) is 0 Å². The zero-order valence-electron chi connectivity index (χ0n) is 11.1. The number of halogens is 1. The highest BCUT2D eigenvalue weighted by Gasteiger charge is 2.32. The molecule has 0 bridgehead atoms. The second-order valence-corrected chi connectivity index (χ2v) is 4.85. The standard InChI is InChI=1S/C13H16ClN3O3/c1-16-12(18)11-7-20-5-4-17(11)13(19)8-2-3-9(14)10(15)6-8/h2-3,6,11H,4-5,7,15H2,1H3,(H,16,18). The molecule has 1 aliphatic rings. The number of ether oxygens (including phenoxy) is 1. The van der Waals surface area contributed by atoms with Crippen LogP contribution < -0.4 is 11.1 Å². The average molecular weight is 298 g/mol. The Kier molecular flexibility index (Phi) is 4.46. The lowest BCUT2D eigenvalue weighted by Gasteiger charge is -2.34. The molecule has 1 saturated heterocycles. The van der Waals surface area contributed by atoms with E-state index in [0.29, 0.717) is 29.4 Å². The van der Waals surface area contributed by atoms with Crippen LogP contribution in [0.25, 0.3) is 0 Å². The van der Waals surface area contributed by atoms with E-state index < -0.39 is 6.04 Å². The summed E-state index contributed by atoms with van der Waals surface area (Å²) in [7, 11) is 1.53. The molecule has 0 spiro atoms. The molecule has 2 amide bonds. The van der Waals surface area contributed by atoms with Gasteiger partial charge in [0.2, 0.25) is 5.91 Å². The number of benzene rings is 1. The number of carbonyl (C=O) groups is 2. The van der Waals surface area contributed by atoms with Crippen LogP contribution in [-0.2, 0) is 9.53 Å². The highest BCUT2D eigenvalue weighted by atomic mass is 35.5. The first kappa shape index (κ1) is 14.6. The van der Waals surface area contributed by atoms with Gasteiger partial charge in [-0.3, -0.25) is 9.59 Å². The second kappa shape index (κ2) is 6.11. The first-order valence-electron chi connectivity index (χ1n) is 6.20. The third kappa shape index (κ3) is 2.86. The molecule has 2 rings (SSSR count). The topological polar surface area (TPSA) is 84.7 Å². The largest absolute Gasteiger partial charge is 0.398 e. The summed E-state index contributed by atoms with van der Waals surface area (Å²) in [6.07, 6.45) is 0. The van der Waals surface area contributed by atoms with Crippen LogP contribution in [0.1, 0.15) is 10.4 Å². The Labute approximate surface area is 121 Å². The number of amides is 2. The molecule has 20 heavy (non-hydrogen) atoms. The number of nitrogens with two attached hydrogens (primary N) is 1. The summed E-state index contributed by atoms with van der Waals surface area (Å²) in [5.74, 6) is -0.509. The van der Waals surface area contributed by atoms with E-state index in [0.717, 1.165) is 0 Å². The van der Waals surface area contributed by atoms with Crippen molar-refractivity contribution in [2.75, 3.05) is 32.5 Å². The lowest BCUT2D eigenvalue weighted by atomic mass is 10.1. The fraction of sp³-hybridized carbons (Fsp3) is 0.385. The number of carbonyl (C=O) groups excluding carboxylic acids is 2. The van der Waals surface area contributed by atoms with Gasteiger partial charge in [0.15, 0.2) is 0 Å². The van der Waals surface area contributed by atoms with Crippen molar-refractivity contribution in [2.45, 2.75) is 6.04 Å². The van der Waals surface area contributed by atoms with Crippen molar-refractivity contribution in [3.05, 3.63) is 28.8 Å². The maximum absolute atomic E-state index is 12.5. The van der Waals surface area contributed by atoms with E-state index in [1.807, 2.05) is 0 Å². The summed E-state index contributed by atoms with van der Waals surface area (Å²) in [4.78, 5) is 25.8. The predicted molar refractivity (Wildman–Crippen MR) is 75.6 cm³/mol. The number of hydrogen-bond donors (Lipinski definition) is 2. The normalized spacial score (nSPS) is 18.7. The SMILES string of the molecule is CNC(=O)C1COCCN1C(=O)c1ccc(Cl)c(N)c1. The minimum Gasteiger partial charge on any atom is -0.398 e. The molecule has 3 N–H and O–H groups in total. The summed E-state index contributed by atoms with van der Waals surface area (Å²) >= 11 is 5.84. The van der Waals surface area contributed by atoms with Crippen LogP contribution in [0, 0.1) is 0 Å². The summed E-state index contributed by atoms with van der Waals surface area (Å²) in [6.45, 7) is 0.955. The number of morpholine rings is 1. The van der Waals surface area contributed by atoms with Crippen LogP contribution in [0.5, 0.6) is 0 Å². The molecule has 1 atom stereocenters. The van der Waals surface area contributed by atoms with Gasteiger partial charge in [0.25, 0.3) is 5.91 Å². The van der Waals surface area contributed by atoms with E-state index >= 15 is 0 Å². The van der Waals surface area contributed by atoms with Crippen LogP contribution >= 0.6 is 11.6 Å². The highest BCUT2D eigenvalue weighted by molar-refractivity contribution is 6.33. The van der Waals surface area contributed by atoms with Crippen LogP contribution in [0.15, 0.2) is 18.2 Å². The third-order valence-corrected chi connectivity index (χ3v) is 3.53. The van der Waals surface area contributed by atoms with Crippen LogP contribution in [0.4, 0.5) is 5.69 Å². The van der Waals surface area contributed by atoms with E-state index in [9.17, 15) is 9.59 Å². The van der Waals surface area contributed by atoms with Crippen LogP contribution in [-0.4, -0.2) is 49.6 Å². The lowest BCUT2D eigenvalue weighted by molar-refractivity contribution is -0.130. The minimum atomic E-state index is -0.627. The summed E-state index contributed by atoms with van der Waals surface area (Å²) in [6, 6.07) is 4.05. The van der Waals surface area contributed by atoms with Gasteiger partial charge in [-0.05, 0) is 18.2 Å². The molecular weight excluding hydrogens is 282 g/mol. The number of anilines is 1. The van der Waals surface area contributed by atoms with Gasteiger partial charge in [0.05, 0.1) is 23.9 Å². The van der Waals surface area contributed by atoms with Gasteiger partial charge in [0.1, 0.15) is 6.04 Å². The molecule has 0 aliphatic carbocycles. The summed E-state index contributed by atoms with van der Waals surface area (Å²) in [5.41, 5.74) is 6.44. The number of likely N-dealkylation sites (N-methyl/N-ethyl adjacent to an activating group) is 1. The smallest absolute Gasteiger partial charge is 0.254 e. The Morgan fingerprint density at radius 1 is 1.50 bits per heavy atom. The molecule has 0 aromatic heterocycles. The summed E-state index contributed by atoms with van der Waals surface area (Å²) < 4.78 is 5.26. The van der Waals surface area contributed by atoms with Crippen molar-refractivity contribution in [2.24, 2.45) is 0 Å². The van der Waals surface area contributed by atoms with Crippen molar-refractivity contribution in [1.82, 2.24) is 10.2 Å². The molecule has 1 aromatic rings. The summed E-state index contributed by atoms with van der Waals surface area (Å²) in [5, 5.41) is 2.93.